The van der Waals surface area contributed by atoms with Crippen molar-refractivity contribution in [3.05, 3.63) is 46.8 Å². The largest absolute Gasteiger partial charge is 0.372 e. The molecule has 0 spiro atoms. The van der Waals surface area contributed by atoms with Crippen LogP contribution < -0.4 is 0 Å². The fourth-order valence-corrected chi connectivity index (χ4v) is 4.58. The van der Waals surface area contributed by atoms with Crippen molar-refractivity contribution in [2.24, 2.45) is 0 Å². The number of thiophene rings is 1. The van der Waals surface area contributed by atoms with E-state index in [-0.39, 0.29) is 6.10 Å². The number of ether oxygens (including phenoxy) is 1. The predicted octanol–water partition coefficient (Wildman–Crippen LogP) is 4.07. The first-order valence-electron chi connectivity index (χ1n) is 6.83. The quantitative estimate of drug-likeness (QED) is 0.844. The molecule has 0 aliphatic carbocycles. The van der Waals surface area contributed by atoms with Gasteiger partial charge in [-0.3, -0.25) is 0 Å². The van der Waals surface area contributed by atoms with Crippen LogP contribution in [0.25, 0.3) is 0 Å². The second-order valence-corrected chi connectivity index (χ2v) is 7.47. The monoisotopic (exact) mass is 305 g/mol. The normalized spacial score (nSPS) is 17.6. The Balaban J connectivity index is 1.83. The van der Waals surface area contributed by atoms with Gasteiger partial charge in [0.2, 0.25) is 0 Å². The van der Waals surface area contributed by atoms with E-state index in [4.69, 9.17) is 4.74 Å². The van der Waals surface area contributed by atoms with Crippen molar-refractivity contribution in [1.29, 1.82) is 0 Å². The number of nitrogens with zero attached hydrogens (tertiary/aromatic N) is 1. The van der Waals surface area contributed by atoms with Gasteiger partial charge < -0.3 is 9.64 Å². The van der Waals surface area contributed by atoms with Crippen LogP contribution in [0.2, 0.25) is 0 Å². The Morgan fingerprint density at radius 3 is 2.95 bits per heavy atom. The highest BCUT2D eigenvalue weighted by molar-refractivity contribution is 8.01. The average Bonchev–Trinajstić information content (AvgIpc) is 2.82. The lowest BCUT2D eigenvalue weighted by molar-refractivity contribution is 0.0425. The molecule has 106 valence electrons. The molecular formula is C16H19NOS2. The number of benzene rings is 1. The number of hydrogen-bond donors (Lipinski definition) is 0. The van der Waals surface area contributed by atoms with Crippen LogP contribution in [0.4, 0.5) is 0 Å². The molecule has 1 atom stereocenters. The molecule has 1 aliphatic heterocycles. The fraction of sp³-hybridized carbons (Fsp3) is 0.375. The van der Waals surface area contributed by atoms with Crippen LogP contribution in [-0.4, -0.2) is 32.1 Å². The Morgan fingerprint density at radius 2 is 2.10 bits per heavy atom. The number of rotatable bonds is 4. The summed E-state index contributed by atoms with van der Waals surface area (Å²) in [4.78, 5) is 3.53. The Kier molecular flexibility index (Phi) is 4.46. The van der Waals surface area contributed by atoms with Crippen LogP contribution in [0.5, 0.6) is 0 Å². The summed E-state index contributed by atoms with van der Waals surface area (Å²) in [5.74, 6) is 0. The zero-order valence-corrected chi connectivity index (χ0v) is 13.5. The molecule has 0 bridgehead atoms. The first-order valence-corrected chi connectivity index (χ1v) is 8.53. The maximum Gasteiger partial charge on any atom is 0.0885 e. The maximum atomic E-state index is 6.17. The Morgan fingerprint density at radius 1 is 1.25 bits per heavy atom. The van der Waals surface area contributed by atoms with Crippen LogP contribution in [0.1, 0.15) is 17.2 Å². The molecule has 2 heterocycles. The molecule has 0 saturated carbocycles. The highest BCUT2D eigenvalue weighted by Gasteiger charge is 2.24. The summed E-state index contributed by atoms with van der Waals surface area (Å²) in [5, 5.41) is 2.17. The van der Waals surface area contributed by atoms with Crippen LogP contribution in [0.3, 0.4) is 0 Å². The molecule has 0 amide bonds. The van der Waals surface area contributed by atoms with Crippen molar-refractivity contribution < 1.29 is 4.74 Å². The van der Waals surface area contributed by atoms with Gasteiger partial charge in [0, 0.05) is 23.4 Å². The van der Waals surface area contributed by atoms with Crippen molar-refractivity contribution in [1.82, 2.24) is 4.90 Å². The van der Waals surface area contributed by atoms with Crippen molar-refractivity contribution in [3.63, 3.8) is 0 Å². The van der Waals surface area contributed by atoms with Gasteiger partial charge in [0.05, 0.1) is 16.9 Å². The van der Waals surface area contributed by atoms with E-state index < -0.39 is 0 Å². The summed E-state index contributed by atoms with van der Waals surface area (Å²) in [6, 6.07) is 10.9. The van der Waals surface area contributed by atoms with Crippen molar-refractivity contribution in [3.8, 4) is 0 Å². The van der Waals surface area contributed by atoms with E-state index in [1.54, 1.807) is 0 Å². The van der Waals surface area contributed by atoms with Gasteiger partial charge in [0.15, 0.2) is 0 Å². The lowest BCUT2D eigenvalue weighted by Gasteiger charge is -2.18. The lowest BCUT2D eigenvalue weighted by atomic mass is 10.0. The minimum Gasteiger partial charge on any atom is -0.372 e. The molecule has 4 heteroatoms. The maximum absolute atomic E-state index is 6.17. The van der Waals surface area contributed by atoms with Crippen LogP contribution in [-0.2, 0) is 11.2 Å². The molecule has 0 fully saturated rings. The number of likely N-dealkylation sites (N-methyl/N-ethyl adjacent to an activating group) is 1. The standard InChI is InChI=1S/C16H19NOS2/c1-17(2)8-9-18-14-11-12-5-3-4-6-15(12)20-16-13(14)7-10-19-16/h3-7,10,14H,8-9,11H2,1-2H3. The van der Waals surface area contributed by atoms with E-state index in [2.05, 4.69) is 54.7 Å². The lowest BCUT2D eigenvalue weighted by Crippen LogP contribution is -2.20. The second kappa shape index (κ2) is 6.31. The Labute approximate surface area is 128 Å². The summed E-state index contributed by atoms with van der Waals surface area (Å²) in [6.45, 7) is 1.74. The molecule has 3 rings (SSSR count). The Bertz CT molecular complexity index is 579. The van der Waals surface area contributed by atoms with Crippen LogP contribution in [0, 0.1) is 0 Å². The van der Waals surface area contributed by atoms with Gasteiger partial charge in [-0.1, -0.05) is 30.0 Å². The van der Waals surface area contributed by atoms with E-state index in [0.29, 0.717) is 0 Å². The van der Waals surface area contributed by atoms with E-state index in [1.807, 2.05) is 23.1 Å². The highest BCUT2D eigenvalue weighted by Crippen LogP contribution is 2.44. The van der Waals surface area contributed by atoms with Crippen LogP contribution >= 0.6 is 23.1 Å². The van der Waals surface area contributed by atoms with E-state index in [1.165, 1.54) is 20.2 Å². The molecule has 1 unspecified atom stereocenters. The molecule has 0 N–H and O–H groups in total. The molecule has 2 aromatic rings. The van der Waals surface area contributed by atoms with Gasteiger partial charge in [0.1, 0.15) is 0 Å². The van der Waals surface area contributed by atoms with E-state index in [0.717, 1.165) is 19.6 Å². The SMILES string of the molecule is CN(C)CCOC1Cc2ccccc2Sc2sccc21. The third-order valence-corrected chi connectivity index (χ3v) is 5.74. The van der Waals surface area contributed by atoms with Crippen molar-refractivity contribution in [2.75, 3.05) is 27.2 Å². The van der Waals surface area contributed by atoms with E-state index >= 15 is 0 Å². The topological polar surface area (TPSA) is 12.5 Å². The minimum absolute atomic E-state index is 0.187. The second-order valence-electron chi connectivity index (χ2n) is 5.24. The van der Waals surface area contributed by atoms with Gasteiger partial charge in [-0.05, 0) is 37.2 Å². The van der Waals surface area contributed by atoms with Gasteiger partial charge >= 0.3 is 0 Å². The minimum atomic E-state index is 0.187. The first kappa shape index (κ1) is 14.1. The van der Waals surface area contributed by atoms with Gasteiger partial charge in [0.25, 0.3) is 0 Å². The average molecular weight is 305 g/mol. The van der Waals surface area contributed by atoms with E-state index in [9.17, 15) is 0 Å². The summed E-state index contributed by atoms with van der Waals surface area (Å²) in [7, 11) is 4.16. The van der Waals surface area contributed by atoms with Gasteiger partial charge in [-0.15, -0.1) is 11.3 Å². The van der Waals surface area contributed by atoms with Crippen molar-refractivity contribution in [2.45, 2.75) is 21.6 Å². The summed E-state index contributed by atoms with van der Waals surface area (Å²) < 4.78 is 7.55. The first-order chi connectivity index (χ1) is 9.74. The third kappa shape index (κ3) is 3.09. The molecule has 1 aliphatic rings. The zero-order valence-electron chi connectivity index (χ0n) is 11.8. The van der Waals surface area contributed by atoms with Gasteiger partial charge in [-0.25, -0.2) is 0 Å². The summed E-state index contributed by atoms with van der Waals surface area (Å²) in [5.41, 5.74) is 2.76. The van der Waals surface area contributed by atoms with Gasteiger partial charge in [-0.2, -0.15) is 0 Å². The van der Waals surface area contributed by atoms with Crippen LogP contribution in [0.15, 0.2) is 44.8 Å². The molecule has 0 radical (unpaired) electrons. The number of hydrogen-bond acceptors (Lipinski definition) is 4. The molecule has 20 heavy (non-hydrogen) atoms. The highest BCUT2D eigenvalue weighted by atomic mass is 32.2. The molecule has 0 saturated heterocycles. The number of fused-ring (bicyclic) bond motifs is 2. The molecule has 1 aromatic carbocycles. The third-order valence-electron chi connectivity index (χ3n) is 3.44. The summed E-state index contributed by atoms with van der Waals surface area (Å²) >= 11 is 3.70. The van der Waals surface area contributed by atoms with Crippen molar-refractivity contribution >= 4 is 23.1 Å². The molecule has 1 aromatic heterocycles. The summed E-state index contributed by atoms with van der Waals surface area (Å²) in [6.07, 6.45) is 1.16. The predicted molar refractivity (Wildman–Crippen MR) is 85.8 cm³/mol. The molecular weight excluding hydrogens is 286 g/mol. The fourth-order valence-electron chi connectivity index (χ4n) is 2.33. The Hall–Kier alpha value is -0.810. The molecule has 2 nitrogen and oxygen atoms in total. The zero-order chi connectivity index (χ0) is 13.9. The smallest absolute Gasteiger partial charge is 0.0885 e.